The first kappa shape index (κ1) is 14.6. The number of nitrogen functional groups attached to an aromatic ring is 1. The molecule has 1 aliphatic heterocycles. The van der Waals surface area contributed by atoms with Crippen LogP contribution < -0.4 is 5.73 Å². The van der Waals surface area contributed by atoms with Gasteiger partial charge in [0.25, 0.3) is 0 Å². The molecule has 0 bridgehead atoms. The Hall–Kier alpha value is -1.78. The molecule has 1 aliphatic rings. The number of rotatable bonds is 4. The van der Waals surface area contributed by atoms with Gasteiger partial charge >= 0.3 is 0 Å². The molecule has 3 N–H and O–H groups in total. The van der Waals surface area contributed by atoms with Crippen molar-refractivity contribution in [2.24, 2.45) is 0 Å². The van der Waals surface area contributed by atoms with Crippen molar-refractivity contribution >= 4 is 11.8 Å². The Balaban J connectivity index is 2.20. The molecule has 1 fully saturated rings. The molecule has 2 rings (SSSR count). The summed E-state index contributed by atoms with van der Waals surface area (Å²) in [5.41, 5.74) is 8.46. The minimum atomic E-state index is 0.135. The van der Waals surface area contributed by atoms with E-state index in [-0.39, 0.29) is 5.75 Å². The molecule has 20 heavy (non-hydrogen) atoms. The molecule has 1 aromatic carbocycles. The number of phenols is 1. The van der Waals surface area contributed by atoms with E-state index in [4.69, 9.17) is 5.73 Å². The van der Waals surface area contributed by atoms with Crippen molar-refractivity contribution in [1.82, 2.24) is 9.80 Å². The second kappa shape index (κ2) is 6.59. The van der Waals surface area contributed by atoms with Gasteiger partial charge in [-0.15, -0.1) is 0 Å². The van der Waals surface area contributed by atoms with Crippen LogP contribution in [0.5, 0.6) is 5.75 Å². The Morgan fingerprint density at radius 3 is 2.65 bits per heavy atom. The molecular weight excluding hydrogens is 250 g/mol. The van der Waals surface area contributed by atoms with Gasteiger partial charge in [0.15, 0.2) is 0 Å². The van der Waals surface area contributed by atoms with Crippen LogP contribution >= 0.6 is 0 Å². The van der Waals surface area contributed by atoms with E-state index in [2.05, 4.69) is 23.4 Å². The summed E-state index contributed by atoms with van der Waals surface area (Å²) in [5, 5.41) is 9.76. The van der Waals surface area contributed by atoms with E-state index in [1.54, 1.807) is 12.1 Å². The highest BCUT2D eigenvalue weighted by atomic mass is 16.3. The summed E-state index contributed by atoms with van der Waals surface area (Å²) in [6.45, 7) is 8.82. The first-order valence-corrected chi connectivity index (χ1v) is 6.92. The molecule has 1 aromatic rings. The van der Waals surface area contributed by atoms with E-state index >= 15 is 0 Å². The van der Waals surface area contributed by atoms with Crippen LogP contribution in [0.2, 0.25) is 0 Å². The zero-order valence-corrected chi connectivity index (χ0v) is 12.0. The Bertz CT molecular complexity index is 503. The van der Waals surface area contributed by atoms with Crippen molar-refractivity contribution in [3.05, 3.63) is 42.0 Å². The summed E-state index contributed by atoms with van der Waals surface area (Å²) in [4.78, 5) is 4.75. The van der Waals surface area contributed by atoms with Gasteiger partial charge in [0.05, 0.1) is 5.69 Å². The topological polar surface area (TPSA) is 52.7 Å². The number of allylic oxidation sites excluding steroid dienone is 2. The van der Waals surface area contributed by atoms with Crippen LogP contribution in [0.4, 0.5) is 5.69 Å². The van der Waals surface area contributed by atoms with Gasteiger partial charge in [-0.3, -0.25) is 4.90 Å². The molecule has 0 unspecified atom stereocenters. The molecule has 4 heteroatoms. The fraction of sp³-hybridized carbons (Fsp3) is 0.375. The van der Waals surface area contributed by atoms with Crippen molar-refractivity contribution in [3.8, 4) is 5.75 Å². The van der Waals surface area contributed by atoms with Gasteiger partial charge in [0, 0.05) is 38.3 Å². The molecule has 1 heterocycles. The lowest BCUT2D eigenvalue weighted by molar-refractivity contribution is 0.148. The zero-order valence-electron chi connectivity index (χ0n) is 12.0. The lowest BCUT2D eigenvalue weighted by atomic mass is 10.0. The molecule has 4 nitrogen and oxygen atoms in total. The van der Waals surface area contributed by atoms with Gasteiger partial charge in [0.2, 0.25) is 0 Å². The first-order valence-electron chi connectivity index (χ1n) is 6.92. The minimum absolute atomic E-state index is 0.135. The van der Waals surface area contributed by atoms with E-state index in [1.165, 1.54) is 0 Å². The van der Waals surface area contributed by atoms with Gasteiger partial charge in [0.1, 0.15) is 5.75 Å². The smallest absolute Gasteiger partial charge is 0.139 e. The van der Waals surface area contributed by atoms with Crippen LogP contribution in [0, 0.1) is 0 Å². The molecule has 108 valence electrons. The number of hydrogen-bond acceptors (Lipinski definition) is 4. The maximum absolute atomic E-state index is 9.76. The number of nitrogens with two attached hydrogens (primary N) is 1. The number of phenolic OH excluding ortho intramolecular Hbond substituents is 1. The highest BCUT2D eigenvalue weighted by Gasteiger charge is 2.16. The molecule has 0 atom stereocenters. The summed E-state index contributed by atoms with van der Waals surface area (Å²) in [5.74, 6) is 0.135. The average molecular weight is 273 g/mol. The number of benzene rings is 1. The third-order valence-electron chi connectivity index (χ3n) is 3.74. The SMILES string of the molecule is C=C/C=C\c1c(CN2CCN(C)CC2)ccc(O)c1N. The first-order chi connectivity index (χ1) is 9.61. The van der Waals surface area contributed by atoms with E-state index in [0.29, 0.717) is 5.69 Å². The lowest BCUT2D eigenvalue weighted by Crippen LogP contribution is -2.43. The molecule has 0 saturated carbocycles. The Labute approximate surface area is 120 Å². The molecule has 0 amide bonds. The molecule has 1 saturated heterocycles. The monoisotopic (exact) mass is 273 g/mol. The number of anilines is 1. The second-order valence-electron chi connectivity index (χ2n) is 5.25. The highest BCUT2D eigenvalue weighted by molar-refractivity contribution is 5.73. The van der Waals surface area contributed by atoms with Crippen LogP contribution in [0.25, 0.3) is 6.08 Å². The van der Waals surface area contributed by atoms with Crippen molar-refractivity contribution in [1.29, 1.82) is 0 Å². The number of nitrogens with zero attached hydrogens (tertiary/aromatic N) is 2. The van der Waals surface area contributed by atoms with Crippen molar-refractivity contribution in [2.75, 3.05) is 39.0 Å². The van der Waals surface area contributed by atoms with Gasteiger partial charge in [-0.05, 0) is 18.7 Å². The normalized spacial score (nSPS) is 17.6. The quantitative estimate of drug-likeness (QED) is 0.500. The summed E-state index contributed by atoms with van der Waals surface area (Å²) in [6.07, 6.45) is 5.47. The third-order valence-corrected chi connectivity index (χ3v) is 3.74. The van der Waals surface area contributed by atoms with Crippen LogP contribution in [-0.2, 0) is 6.54 Å². The fourth-order valence-corrected chi connectivity index (χ4v) is 2.42. The van der Waals surface area contributed by atoms with Crippen LogP contribution in [0.3, 0.4) is 0 Å². The van der Waals surface area contributed by atoms with Gasteiger partial charge in [-0.25, -0.2) is 0 Å². The minimum Gasteiger partial charge on any atom is -0.506 e. The number of piperazine rings is 1. The van der Waals surface area contributed by atoms with Crippen LogP contribution in [0.1, 0.15) is 11.1 Å². The summed E-state index contributed by atoms with van der Waals surface area (Å²) >= 11 is 0. The molecule has 0 spiro atoms. The van der Waals surface area contributed by atoms with Crippen molar-refractivity contribution in [3.63, 3.8) is 0 Å². The molecule has 0 aliphatic carbocycles. The Morgan fingerprint density at radius 1 is 1.30 bits per heavy atom. The predicted octanol–water partition coefficient (Wildman–Crippen LogP) is 1.92. The standard InChI is InChI=1S/C16H23N3O/c1-3-4-5-14-13(6-7-15(20)16(14)17)12-19-10-8-18(2)9-11-19/h3-7,20H,1,8-12,17H2,2H3/b5-4-. The lowest BCUT2D eigenvalue weighted by Gasteiger charge is -2.32. The van der Waals surface area contributed by atoms with Gasteiger partial charge in [-0.1, -0.05) is 30.9 Å². The molecule has 0 aromatic heterocycles. The van der Waals surface area contributed by atoms with E-state index in [9.17, 15) is 5.11 Å². The number of hydrogen-bond donors (Lipinski definition) is 2. The average Bonchev–Trinajstić information content (AvgIpc) is 2.45. The van der Waals surface area contributed by atoms with E-state index < -0.39 is 0 Å². The largest absolute Gasteiger partial charge is 0.506 e. The van der Waals surface area contributed by atoms with Crippen LogP contribution in [0.15, 0.2) is 30.9 Å². The maximum atomic E-state index is 9.76. The summed E-state index contributed by atoms with van der Waals surface area (Å²) in [7, 11) is 2.15. The van der Waals surface area contributed by atoms with Crippen LogP contribution in [-0.4, -0.2) is 48.1 Å². The fourth-order valence-electron chi connectivity index (χ4n) is 2.42. The third kappa shape index (κ3) is 3.40. The Kier molecular flexibility index (Phi) is 4.82. The molecule has 0 radical (unpaired) electrons. The van der Waals surface area contributed by atoms with Crippen molar-refractivity contribution in [2.45, 2.75) is 6.54 Å². The number of aromatic hydroxyl groups is 1. The van der Waals surface area contributed by atoms with Gasteiger partial charge in [-0.2, -0.15) is 0 Å². The van der Waals surface area contributed by atoms with E-state index in [0.717, 1.165) is 43.9 Å². The second-order valence-corrected chi connectivity index (χ2v) is 5.25. The highest BCUT2D eigenvalue weighted by Crippen LogP contribution is 2.29. The van der Waals surface area contributed by atoms with Gasteiger partial charge < -0.3 is 15.7 Å². The summed E-state index contributed by atoms with van der Waals surface area (Å²) < 4.78 is 0. The Morgan fingerprint density at radius 2 is 2.00 bits per heavy atom. The van der Waals surface area contributed by atoms with E-state index in [1.807, 2.05) is 18.2 Å². The zero-order chi connectivity index (χ0) is 14.5. The van der Waals surface area contributed by atoms with Crippen molar-refractivity contribution < 1.29 is 5.11 Å². The molecular formula is C16H23N3O. The summed E-state index contributed by atoms with van der Waals surface area (Å²) in [6, 6.07) is 3.62. The predicted molar refractivity (Wildman–Crippen MR) is 84.5 cm³/mol. The maximum Gasteiger partial charge on any atom is 0.139 e. The number of likely N-dealkylation sites (N-methyl/N-ethyl adjacent to an activating group) is 1.